The van der Waals surface area contributed by atoms with Crippen LogP contribution in [-0.4, -0.2) is 10.1 Å². The van der Waals surface area contributed by atoms with Crippen LogP contribution in [0.2, 0.25) is 0 Å². The van der Waals surface area contributed by atoms with E-state index < -0.39 is 0 Å². The van der Waals surface area contributed by atoms with Gasteiger partial charge in [0.15, 0.2) is 5.82 Å². The summed E-state index contributed by atoms with van der Waals surface area (Å²) < 4.78 is 6.23. The van der Waals surface area contributed by atoms with Crippen LogP contribution < -0.4 is 5.73 Å². The predicted octanol–water partition coefficient (Wildman–Crippen LogP) is 4.00. The molecule has 2 N–H and O–H groups in total. The topological polar surface area (TPSA) is 64.9 Å². The molecule has 0 aliphatic rings. The molecule has 0 unspecified atom stereocenters. The van der Waals surface area contributed by atoms with Crippen LogP contribution >= 0.6 is 27.7 Å². The number of thioether (sulfide) groups is 1. The van der Waals surface area contributed by atoms with Crippen molar-refractivity contribution in [3.63, 3.8) is 0 Å². The molecule has 102 valence electrons. The zero-order chi connectivity index (χ0) is 14.0. The SMILES string of the molecule is CC(C)(C)c1nc(CSc2ccc(Br)cc2N)no1. The van der Waals surface area contributed by atoms with Crippen molar-refractivity contribution in [2.24, 2.45) is 0 Å². The lowest BCUT2D eigenvalue weighted by Crippen LogP contribution is -2.11. The van der Waals surface area contributed by atoms with Crippen molar-refractivity contribution >= 4 is 33.4 Å². The molecule has 0 saturated heterocycles. The van der Waals surface area contributed by atoms with Crippen molar-refractivity contribution in [3.8, 4) is 0 Å². The molecular weight excluding hydrogens is 326 g/mol. The molecule has 1 aromatic carbocycles. The van der Waals surface area contributed by atoms with Gasteiger partial charge in [-0.05, 0) is 18.2 Å². The second kappa shape index (κ2) is 5.54. The molecule has 0 bridgehead atoms. The molecule has 0 aliphatic heterocycles. The first-order chi connectivity index (χ1) is 8.86. The standard InChI is InChI=1S/C13H16BrN3OS/c1-13(2,3)12-16-11(17-18-12)7-19-10-5-4-8(14)6-9(10)15/h4-6H,7,15H2,1-3H3. The van der Waals surface area contributed by atoms with E-state index in [9.17, 15) is 0 Å². The van der Waals surface area contributed by atoms with Crippen molar-refractivity contribution in [1.82, 2.24) is 10.1 Å². The number of hydrogen-bond donors (Lipinski definition) is 1. The van der Waals surface area contributed by atoms with Gasteiger partial charge < -0.3 is 10.3 Å². The van der Waals surface area contributed by atoms with Gasteiger partial charge >= 0.3 is 0 Å². The van der Waals surface area contributed by atoms with Gasteiger partial charge in [0.1, 0.15) is 0 Å². The van der Waals surface area contributed by atoms with Gasteiger partial charge in [0.2, 0.25) is 5.89 Å². The Hall–Kier alpha value is -1.01. The molecule has 4 nitrogen and oxygen atoms in total. The van der Waals surface area contributed by atoms with E-state index in [0.717, 1.165) is 15.1 Å². The lowest BCUT2D eigenvalue weighted by Gasteiger charge is -2.10. The minimum Gasteiger partial charge on any atom is -0.398 e. The number of hydrogen-bond acceptors (Lipinski definition) is 5. The van der Waals surface area contributed by atoms with Crippen molar-refractivity contribution < 1.29 is 4.52 Å². The minimum absolute atomic E-state index is 0.118. The molecule has 19 heavy (non-hydrogen) atoms. The highest BCUT2D eigenvalue weighted by Crippen LogP contribution is 2.30. The van der Waals surface area contributed by atoms with Crippen molar-refractivity contribution in [2.75, 3.05) is 5.73 Å². The molecule has 0 spiro atoms. The number of rotatable bonds is 3. The van der Waals surface area contributed by atoms with Crippen LogP contribution in [0.3, 0.4) is 0 Å². The van der Waals surface area contributed by atoms with Crippen LogP contribution in [0.1, 0.15) is 32.5 Å². The number of nitrogen functional groups attached to an aromatic ring is 1. The van der Waals surface area contributed by atoms with E-state index in [2.05, 4.69) is 26.1 Å². The molecule has 0 radical (unpaired) electrons. The zero-order valence-electron chi connectivity index (χ0n) is 11.1. The summed E-state index contributed by atoms with van der Waals surface area (Å²) in [6, 6.07) is 5.84. The van der Waals surface area contributed by atoms with Gasteiger partial charge in [-0.15, -0.1) is 11.8 Å². The maximum absolute atomic E-state index is 5.94. The third-order valence-corrected chi connectivity index (χ3v) is 4.02. The molecule has 0 fully saturated rings. The largest absolute Gasteiger partial charge is 0.398 e. The molecule has 0 atom stereocenters. The van der Waals surface area contributed by atoms with Gasteiger partial charge in [0.05, 0.1) is 5.75 Å². The van der Waals surface area contributed by atoms with E-state index in [1.165, 1.54) is 0 Å². The predicted molar refractivity (Wildman–Crippen MR) is 81.1 cm³/mol. The Kier molecular flexibility index (Phi) is 4.20. The van der Waals surface area contributed by atoms with E-state index in [1.54, 1.807) is 11.8 Å². The zero-order valence-corrected chi connectivity index (χ0v) is 13.5. The highest BCUT2D eigenvalue weighted by Gasteiger charge is 2.21. The Morgan fingerprint density at radius 3 is 2.68 bits per heavy atom. The van der Waals surface area contributed by atoms with Gasteiger partial charge in [-0.2, -0.15) is 4.98 Å². The Morgan fingerprint density at radius 2 is 2.11 bits per heavy atom. The summed E-state index contributed by atoms with van der Waals surface area (Å²) in [5.41, 5.74) is 6.58. The number of halogens is 1. The molecule has 0 amide bonds. The molecular formula is C13H16BrN3OS. The summed E-state index contributed by atoms with van der Waals surface area (Å²) in [7, 11) is 0. The summed E-state index contributed by atoms with van der Waals surface area (Å²) in [6.07, 6.45) is 0. The number of benzene rings is 1. The second-order valence-corrected chi connectivity index (χ2v) is 7.17. The summed E-state index contributed by atoms with van der Waals surface area (Å²) in [5, 5.41) is 3.99. The van der Waals surface area contributed by atoms with Crippen LogP contribution in [-0.2, 0) is 11.2 Å². The average molecular weight is 342 g/mol. The summed E-state index contributed by atoms with van der Waals surface area (Å²) in [6.45, 7) is 6.14. The van der Waals surface area contributed by atoms with Gasteiger partial charge in [-0.25, -0.2) is 0 Å². The van der Waals surface area contributed by atoms with Crippen LogP contribution in [0.5, 0.6) is 0 Å². The Balaban J connectivity index is 2.04. The van der Waals surface area contributed by atoms with Crippen LogP contribution in [0, 0.1) is 0 Å². The molecule has 2 rings (SSSR count). The van der Waals surface area contributed by atoms with E-state index in [1.807, 2.05) is 39.0 Å². The van der Waals surface area contributed by atoms with E-state index in [0.29, 0.717) is 17.5 Å². The normalized spacial score (nSPS) is 11.8. The monoisotopic (exact) mass is 341 g/mol. The Morgan fingerprint density at radius 1 is 1.37 bits per heavy atom. The summed E-state index contributed by atoms with van der Waals surface area (Å²) >= 11 is 4.99. The molecule has 1 aromatic heterocycles. The van der Waals surface area contributed by atoms with Crippen LogP contribution in [0.15, 0.2) is 32.1 Å². The van der Waals surface area contributed by atoms with Crippen molar-refractivity contribution in [3.05, 3.63) is 34.4 Å². The highest BCUT2D eigenvalue weighted by molar-refractivity contribution is 9.10. The van der Waals surface area contributed by atoms with Gasteiger partial charge in [0, 0.05) is 20.5 Å². The van der Waals surface area contributed by atoms with Crippen molar-refractivity contribution in [1.29, 1.82) is 0 Å². The lowest BCUT2D eigenvalue weighted by molar-refractivity contribution is 0.319. The summed E-state index contributed by atoms with van der Waals surface area (Å²) in [4.78, 5) is 5.41. The average Bonchev–Trinajstić information content (AvgIpc) is 2.76. The third-order valence-electron chi connectivity index (χ3n) is 2.44. The van der Waals surface area contributed by atoms with Gasteiger partial charge in [-0.1, -0.05) is 41.9 Å². The lowest BCUT2D eigenvalue weighted by atomic mass is 9.97. The Bertz CT molecular complexity index is 578. The molecule has 2 aromatic rings. The van der Waals surface area contributed by atoms with Crippen LogP contribution in [0.4, 0.5) is 5.69 Å². The highest BCUT2D eigenvalue weighted by atomic mass is 79.9. The number of anilines is 1. The van der Waals surface area contributed by atoms with Gasteiger partial charge in [-0.3, -0.25) is 0 Å². The van der Waals surface area contributed by atoms with E-state index >= 15 is 0 Å². The first-order valence-electron chi connectivity index (χ1n) is 5.87. The summed E-state index contributed by atoms with van der Waals surface area (Å²) in [5.74, 6) is 2.00. The molecule has 0 saturated carbocycles. The smallest absolute Gasteiger partial charge is 0.232 e. The fourth-order valence-electron chi connectivity index (χ4n) is 1.41. The fourth-order valence-corrected chi connectivity index (χ4v) is 2.58. The molecule has 1 heterocycles. The van der Waals surface area contributed by atoms with E-state index in [-0.39, 0.29) is 5.41 Å². The quantitative estimate of drug-likeness (QED) is 0.675. The maximum atomic E-state index is 5.94. The molecule has 0 aliphatic carbocycles. The Labute approximate surface area is 125 Å². The van der Waals surface area contributed by atoms with E-state index in [4.69, 9.17) is 10.3 Å². The van der Waals surface area contributed by atoms with Gasteiger partial charge in [0.25, 0.3) is 0 Å². The number of nitrogens with two attached hydrogens (primary N) is 1. The maximum Gasteiger partial charge on any atom is 0.232 e. The second-order valence-electron chi connectivity index (χ2n) is 5.24. The first-order valence-corrected chi connectivity index (χ1v) is 7.65. The van der Waals surface area contributed by atoms with Crippen molar-refractivity contribution in [2.45, 2.75) is 36.8 Å². The fraction of sp³-hybridized carbons (Fsp3) is 0.385. The molecule has 6 heteroatoms. The first kappa shape index (κ1) is 14.4. The minimum atomic E-state index is -0.118. The van der Waals surface area contributed by atoms with Crippen LogP contribution in [0.25, 0.3) is 0 Å². The third kappa shape index (κ3) is 3.73. The number of nitrogens with zero attached hydrogens (tertiary/aromatic N) is 2. The number of aromatic nitrogens is 2.